The lowest BCUT2D eigenvalue weighted by Gasteiger charge is -2.26. The molecular weight excluding hydrogens is 224 g/mol. The molecule has 0 amide bonds. The van der Waals surface area contributed by atoms with Crippen LogP contribution in [0.2, 0.25) is 0 Å². The van der Waals surface area contributed by atoms with E-state index in [0.717, 1.165) is 17.9 Å². The third-order valence-electron chi connectivity index (χ3n) is 3.17. The molecule has 1 unspecified atom stereocenters. The number of ether oxygens (including phenoxy) is 1. The van der Waals surface area contributed by atoms with Gasteiger partial charge in [0.1, 0.15) is 5.75 Å². The monoisotopic (exact) mass is 250 g/mol. The minimum absolute atomic E-state index is 0.0300. The summed E-state index contributed by atoms with van der Waals surface area (Å²) in [5.41, 5.74) is 8.34. The zero-order valence-corrected chi connectivity index (χ0v) is 12.2. The van der Waals surface area contributed by atoms with Crippen LogP contribution in [-0.2, 0) is 0 Å². The Hall–Kier alpha value is -1.22. The lowest BCUT2D eigenvalue weighted by Crippen LogP contribution is -2.23. The molecular formula is C15H26N2O. The normalized spacial score (nSPS) is 12.6. The van der Waals surface area contributed by atoms with E-state index in [2.05, 4.69) is 31.9 Å². The molecule has 0 spiro atoms. The molecule has 102 valence electrons. The Labute approximate surface area is 111 Å². The Morgan fingerprint density at radius 3 is 2.44 bits per heavy atom. The van der Waals surface area contributed by atoms with Gasteiger partial charge in [0.15, 0.2) is 0 Å². The molecule has 2 N–H and O–H groups in total. The van der Waals surface area contributed by atoms with Crippen molar-refractivity contribution in [3.05, 3.63) is 23.8 Å². The quantitative estimate of drug-likeness (QED) is 0.842. The maximum absolute atomic E-state index is 6.08. The summed E-state index contributed by atoms with van der Waals surface area (Å²) in [6, 6.07) is 6.07. The number of benzene rings is 1. The van der Waals surface area contributed by atoms with Gasteiger partial charge < -0.3 is 15.4 Å². The molecule has 0 saturated carbocycles. The van der Waals surface area contributed by atoms with Crippen LogP contribution in [0, 0.1) is 5.92 Å². The molecule has 3 heteroatoms. The van der Waals surface area contributed by atoms with Gasteiger partial charge in [-0.05, 0) is 31.4 Å². The number of hydrogen-bond acceptors (Lipinski definition) is 3. The van der Waals surface area contributed by atoms with E-state index in [1.165, 1.54) is 12.1 Å². The number of nitrogens with zero attached hydrogens (tertiary/aromatic N) is 1. The zero-order valence-electron chi connectivity index (χ0n) is 12.2. The average molecular weight is 250 g/mol. The van der Waals surface area contributed by atoms with Crippen LogP contribution in [0.4, 0.5) is 5.69 Å². The van der Waals surface area contributed by atoms with E-state index in [0.29, 0.717) is 5.92 Å². The Kier molecular flexibility index (Phi) is 5.48. The first-order chi connectivity index (χ1) is 8.47. The number of methoxy groups -OCH3 is 1. The fourth-order valence-corrected chi connectivity index (χ4v) is 2.07. The van der Waals surface area contributed by atoms with Gasteiger partial charge in [-0.1, -0.05) is 19.9 Å². The Morgan fingerprint density at radius 1 is 1.28 bits per heavy atom. The average Bonchev–Trinajstić information content (AvgIpc) is 2.34. The number of rotatable bonds is 6. The van der Waals surface area contributed by atoms with E-state index in [1.54, 1.807) is 7.11 Å². The third kappa shape index (κ3) is 3.64. The van der Waals surface area contributed by atoms with E-state index < -0.39 is 0 Å². The molecule has 18 heavy (non-hydrogen) atoms. The largest absolute Gasteiger partial charge is 0.496 e. The molecule has 1 atom stereocenters. The molecule has 1 aromatic carbocycles. The van der Waals surface area contributed by atoms with Crippen LogP contribution in [0.15, 0.2) is 18.2 Å². The molecule has 0 aromatic heterocycles. The van der Waals surface area contributed by atoms with Crippen molar-refractivity contribution in [3.63, 3.8) is 0 Å². The molecule has 0 aliphatic rings. The van der Waals surface area contributed by atoms with Crippen molar-refractivity contribution in [2.75, 3.05) is 25.6 Å². The summed E-state index contributed by atoms with van der Waals surface area (Å²) in [7, 11) is 3.81. The maximum Gasteiger partial charge on any atom is 0.125 e. The summed E-state index contributed by atoms with van der Waals surface area (Å²) in [4.78, 5) is 2.27. The minimum Gasteiger partial charge on any atom is -0.496 e. The van der Waals surface area contributed by atoms with Crippen LogP contribution >= 0.6 is 0 Å². The van der Waals surface area contributed by atoms with Gasteiger partial charge in [-0.2, -0.15) is 0 Å². The molecule has 0 fully saturated rings. The highest BCUT2D eigenvalue weighted by Crippen LogP contribution is 2.33. The van der Waals surface area contributed by atoms with Crippen molar-refractivity contribution >= 4 is 5.69 Å². The molecule has 0 heterocycles. The summed E-state index contributed by atoms with van der Waals surface area (Å²) in [5.74, 6) is 1.58. The predicted molar refractivity (Wildman–Crippen MR) is 78.3 cm³/mol. The van der Waals surface area contributed by atoms with Crippen molar-refractivity contribution < 1.29 is 4.74 Å². The number of nitrogens with two attached hydrogens (primary N) is 1. The molecule has 0 saturated heterocycles. The van der Waals surface area contributed by atoms with E-state index in [9.17, 15) is 0 Å². The fourth-order valence-electron chi connectivity index (χ4n) is 2.07. The van der Waals surface area contributed by atoms with E-state index in [-0.39, 0.29) is 6.04 Å². The fraction of sp³-hybridized carbons (Fsp3) is 0.600. The Morgan fingerprint density at radius 2 is 1.94 bits per heavy atom. The van der Waals surface area contributed by atoms with Crippen molar-refractivity contribution in [1.29, 1.82) is 0 Å². The van der Waals surface area contributed by atoms with E-state index in [4.69, 9.17) is 10.5 Å². The molecule has 3 nitrogen and oxygen atoms in total. The van der Waals surface area contributed by atoms with Gasteiger partial charge in [0, 0.05) is 30.9 Å². The second-order valence-electron chi connectivity index (χ2n) is 5.29. The first-order valence-corrected chi connectivity index (χ1v) is 6.61. The predicted octanol–water partition coefficient (Wildman–Crippen LogP) is 3.20. The first kappa shape index (κ1) is 14.8. The smallest absolute Gasteiger partial charge is 0.125 e. The summed E-state index contributed by atoms with van der Waals surface area (Å²) in [6.45, 7) is 7.51. The van der Waals surface area contributed by atoms with Crippen molar-refractivity contribution in [3.8, 4) is 5.75 Å². The van der Waals surface area contributed by atoms with E-state index >= 15 is 0 Å². The van der Waals surface area contributed by atoms with Gasteiger partial charge in [0.05, 0.1) is 7.11 Å². The summed E-state index contributed by atoms with van der Waals surface area (Å²) in [5, 5.41) is 0. The van der Waals surface area contributed by atoms with Crippen LogP contribution in [0.5, 0.6) is 5.75 Å². The van der Waals surface area contributed by atoms with Crippen LogP contribution < -0.4 is 15.4 Å². The summed E-state index contributed by atoms with van der Waals surface area (Å²) < 4.78 is 5.42. The van der Waals surface area contributed by atoms with Gasteiger partial charge in [-0.3, -0.25) is 0 Å². The van der Waals surface area contributed by atoms with Gasteiger partial charge in [0.2, 0.25) is 0 Å². The molecule has 0 aliphatic carbocycles. The standard InChI is InChI=1S/C15H26N2O/c1-11(2)9-10-17(4)13-7-6-8-14(18-5)15(13)12(3)16/h6-8,11-12H,9-10,16H2,1-5H3. The van der Waals surface area contributed by atoms with Gasteiger partial charge >= 0.3 is 0 Å². The molecule has 0 bridgehead atoms. The molecule has 1 aromatic rings. The van der Waals surface area contributed by atoms with Crippen molar-refractivity contribution in [2.45, 2.75) is 33.2 Å². The molecule has 1 rings (SSSR count). The Balaban J connectivity index is 2.99. The second-order valence-corrected chi connectivity index (χ2v) is 5.29. The van der Waals surface area contributed by atoms with Crippen LogP contribution in [0.25, 0.3) is 0 Å². The highest BCUT2D eigenvalue weighted by atomic mass is 16.5. The lowest BCUT2D eigenvalue weighted by atomic mass is 10.0. The van der Waals surface area contributed by atoms with Crippen LogP contribution in [0.3, 0.4) is 0 Å². The Bertz CT molecular complexity index is 375. The van der Waals surface area contributed by atoms with Gasteiger partial charge in [-0.15, -0.1) is 0 Å². The molecule has 0 aliphatic heterocycles. The van der Waals surface area contributed by atoms with Crippen LogP contribution in [0.1, 0.15) is 38.8 Å². The number of hydrogen-bond donors (Lipinski definition) is 1. The van der Waals surface area contributed by atoms with Gasteiger partial charge in [0.25, 0.3) is 0 Å². The topological polar surface area (TPSA) is 38.5 Å². The van der Waals surface area contributed by atoms with Crippen LogP contribution in [-0.4, -0.2) is 20.7 Å². The minimum atomic E-state index is -0.0300. The first-order valence-electron chi connectivity index (χ1n) is 6.61. The summed E-state index contributed by atoms with van der Waals surface area (Å²) >= 11 is 0. The lowest BCUT2D eigenvalue weighted by molar-refractivity contribution is 0.407. The SMILES string of the molecule is COc1cccc(N(C)CCC(C)C)c1C(C)N. The highest BCUT2D eigenvalue weighted by Gasteiger charge is 2.15. The third-order valence-corrected chi connectivity index (χ3v) is 3.17. The second kappa shape index (κ2) is 6.64. The number of anilines is 1. The van der Waals surface area contributed by atoms with E-state index in [1.807, 2.05) is 19.1 Å². The van der Waals surface area contributed by atoms with Crippen molar-refractivity contribution in [2.24, 2.45) is 11.7 Å². The van der Waals surface area contributed by atoms with Crippen molar-refractivity contribution in [1.82, 2.24) is 0 Å². The summed E-state index contributed by atoms with van der Waals surface area (Å²) in [6.07, 6.45) is 1.17. The highest BCUT2D eigenvalue weighted by molar-refractivity contribution is 5.60. The van der Waals surface area contributed by atoms with Gasteiger partial charge in [-0.25, -0.2) is 0 Å². The maximum atomic E-state index is 6.08. The zero-order chi connectivity index (χ0) is 13.7. The molecule has 0 radical (unpaired) electrons.